The number of rotatable bonds is 23. The lowest BCUT2D eigenvalue weighted by Crippen LogP contribution is -2.59. The highest BCUT2D eigenvalue weighted by atomic mass is 16.4. The number of carboxylic acids is 2. The Morgan fingerprint density at radius 3 is 1.85 bits per heavy atom. The molecule has 0 heterocycles. The van der Waals surface area contributed by atoms with Crippen molar-refractivity contribution < 1.29 is 44.1 Å². The minimum atomic E-state index is -1.53. The summed E-state index contributed by atoms with van der Waals surface area (Å²) in [4.78, 5) is 78.8. The van der Waals surface area contributed by atoms with E-state index in [-0.39, 0.29) is 44.6 Å². The number of aliphatic hydroxyl groups is 1. The van der Waals surface area contributed by atoms with E-state index in [1.54, 1.807) is 30.3 Å². The summed E-state index contributed by atoms with van der Waals surface area (Å²) in [6, 6.07) is 2.01. The number of nitrogens with two attached hydrogens (primary N) is 4. The molecule has 18 heteroatoms. The van der Waals surface area contributed by atoms with Crippen molar-refractivity contribution in [2.45, 2.75) is 81.6 Å². The van der Waals surface area contributed by atoms with Gasteiger partial charge in [0.05, 0.1) is 12.6 Å². The number of carbonyl (C=O) groups excluding carboxylic acids is 4. The molecule has 0 aliphatic carbocycles. The van der Waals surface area contributed by atoms with E-state index in [0.717, 1.165) is 0 Å². The highest BCUT2D eigenvalue weighted by Gasteiger charge is 2.31. The van der Waals surface area contributed by atoms with Gasteiger partial charge in [-0.25, -0.2) is 4.79 Å². The average Bonchev–Trinajstić information content (AvgIpc) is 3.02. The molecule has 15 N–H and O–H groups in total. The molecule has 262 valence electrons. The Morgan fingerprint density at radius 2 is 1.28 bits per heavy atom. The summed E-state index contributed by atoms with van der Waals surface area (Å²) < 4.78 is 0. The van der Waals surface area contributed by atoms with Crippen LogP contribution in [-0.4, -0.2) is 107 Å². The highest BCUT2D eigenvalue weighted by Crippen LogP contribution is 2.08. The lowest BCUT2D eigenvalue weighted by molar-refractivity contribution is -0.142. The minimum Gasteiger partial charge on any atom is -0.481 e. The van der Waals surface area contributed by atoms with Gasteiger partial charge in [0, 0.05) is 19.4 Å². The summed E-state index contributed by atoms with van der Waals surface area (Å²) in [6.45, 7) is -0.427. The standard InChI is InChI=1S/C29H47N9O9/c30-13-5-4-9-19(35-27(45)22(16-39)38-24(42)18(31)11-12-23(40)41)25(43)37-21(15-17-7-2-1-3-8-17)26(44)36-20(28(46)47)10-6-14-34-29(32)33/h1-3,7-8,18-22,39H,4-6,9-16,30-31H2,(H,35,45)(H,36,44)(H,37,43)(H,38,42)(H,40,41)(H,46,47)(H4,32,33,34)/t18-,19-,20-,21-,22-/m0/s1. The number of carbonyl (C=O) groups is 6. The lowest BCUT2D eigenvalue weighted by Gasteiger charge is -2.26. The van der Waals surface area contributed by atoms with Crippen LogP contribution in [0, 0.1) is 0 Å². The third kappa shape index (κ3) is 16.4. The molecule has 0 spiro atoms. The molecule has 4 amide bonds. The van der Waals surface area contributed by atoms with Crippen LogP contribution in [0.2, 0.25) is 0 Å². The van der Waals surface area contributed by atoms with Gasteiger partial charge in [-0.1, -0.05) is 30.3 Å². The Labute approximate surface area is 272 Å². The number of guanidine groups is 1. The molecule has 47 heavy (non-hydrogen) atoms. The fourth-order valence-electron chi connectivity index (χ4n) is 4.28. The molecular weight excluding hydrogens is 618 g/mol. The van der Waals surface area contributed by atoms with Crippen LogP contribution in [0.25, 0.3) is 0 Å². The van der Waals surface area contributed by atoms with Crippen molar-refractivity contribution in [1.29, 1.82) is 0 Å². The summed E-state index contributed by atoms with van der Waals surface area (Å²) >= 11 is 0. The Balaban J connectivity index is 3.15. The van der Waals surface area contributed by atoms with E-state index in [0.29, 0.717) is 24.9 Å². The maximum Gasteiger partial charge on any atom is 0.326 e. The quantitative estimate of drug-likeness (QED) is 0.0309. The summed E-state index contributed by atoms with van der Waals surface area (Å²) in [6.07, 6.45) is 0.561. The molecule has 5 atom stereocenters. The van der Waals surface area contributed by atoms with Gasteiger partial charge in [0.15, 0.2) is 5.96 Å². The van der Waals surface area contributed by atoms with Gasteiger partial charge in [-0.2, -0.15) is 0 Å². The fraction of sp³-hybridized carbons (Fsp3) is 0.552. The van der Waals surface area contributed by atoms with Crippen molar-refractivity contribution in [1.82, 2.24) is 21.3 Å². The molecule has 0 radical (unpaired) electrons. The summed E-state index contributed by atoms with van der Waals surface area (Å²) in [7, 11) is 0. The molecule has 1 rings (SSSR count). The molecule has 0 aliphatic rings. The second-order valence-electron chi connectivity index (χ2n) is 10.7. The molecule has 0 unspecified atom stereocenters. The van der Waals surface area contributed by atoms with Crippen LogP contribution in [0.1, 0.15) is 50.5 Å². The molecule has 0 aliphatic heterocycles. The zero-order chi connectivity index (χ0) is 35.4. The topological polar surface area (TPSA) is 328 Å². The zero-order valence-electron chi connectivity index (χ0n) is 26.1. The first kappa shape index (κ1) is 40.2. The molecule has 1 aromatic carbocycles. The van der Waals surface area contributed by atoms with Crippen molar-refractivity contribution >= 4 is 41.5 Å². The number of unbranched alkanes of at least 4 members (excludes halogenated alkanes) is 1. The van der Waals surface area contributed by atoms with Crippen molar-refractivity contribution in [2.24, 2.45) is 27.9 Å². The Hall–Kier alpha value is -4.81. The van der Waals surface area contributed by atoms with E-state index in [1.165, 1.54) is 0 Å². The van der Waals surface area contributed by atoms with Gasteiger partial charge >= 0.3 is 11.9 Å². The normalized spacial score (nSPS) is 13.9. The minimum absolute atomic E-state index is 0.00411. The largest absolute Gasteiger partial charge is 0.481 e. The average molecular weight is 666 g/mol. The third-order valence-corrected chi connectivity index (χ3v) is 6.88. The van der Waals surface area contributed by atoms with Gasteiger partial charge in [0.2, 0.25) is 23.6 Å². The first-order valence-electron chi connectivity index (χ1n) is 15.1. The van der Waals surface area contributed by atoms with Crippen LogP contribution < -0.4 is 44.2 Å². The van der Waals surface area contributed by atoms with Gasteiger partial charge in [0.25, 0.3) is 0 Å². The van der Waals surface area contributed by atoms with Crippen LogP contribution in [0.4, 0.5) is 0 Å². The number of aliphatic carboxylic acids is 2. The highest BCUT2D eigenvalue weighted by molar-refractivity contribution is 5.95. The Morgan fingerprint density at radius 1 is 0.723 bits per heavy atom. The molecule has 0 aromatic heterocycles. The predicted octanol–water partition coefficient (Wildman–Crippen LogP) is -3.38. The van der Waals surface area contributed by atoms with Crippen LogP contribution in [0.15, 0.2) is 35.3 Å². The number of hydrogen-bond acceptors (Lipinski definition) is 10. The van der Waals surface area contributed by atoms with Crippen molar-refractivity contribution in [2.75, 3.05) is 19.7 Å². The van der Waals surface area contributed by atoms with Gasteiger partial charge in [-0.15, -0.1) is 0 Å². The first-order chi connectivity index (χ1) is 22.3. The lowest BCUT2D eigenvalue weighted by atomic mass is 10.0. The van der Waals surface area contributed by atoms with E-state index in [9.17, 15) is 39.0 Å². The summed E-state index contributed by atoms with van der Waals surface area (Å²) in [5.41, 5.74) is 22.5. The Kier molecular flexibility index (Phi) is 18.7. The molecule has 0 fully saturated rings. The molecular formula is C29H47N9O9. The van der Waals surface area contributed by atoms with E-state index in [4.69, 9.17) is 28.0 Å². The van der Waals surface area contributed by atoms with Gasteiger partial charge in [0.1, 0.15) is 24.2 Å². The van der Waals surface area contributed by atoms with E-state index < -0.39 is 78.8 Å². The zero-order valence-corrected chi connectivity index (χ0v) is 26.1. The first-order valence-corrected chi connectivity index (χ1v) is 15.1. The predicted molar refractivity (Wildman–Crippen MR) is 170 cm³/mol. The molecule has 18 nitrogen and oxygen atoms in total. The number of aliphatic imine (C=N–C) groups is 1. The third-order valence-electron chi connectivity index (χ3n) is 6.88. The fourth-order valence-corrected chi connectivity index (χ4v) is 4.28. The monoisotopic (exact) mass is 665 g/mol. The van der Waals surface area contributed by atoms with Gasteiger partial charge in [-0.3, -0.25) is 29.0 Å². The van der Waals surface area contributed by atoms with Crippen LogP contribution in [-0.2, 0) is 35.2 Å². The van der Waals surface area contributed by atoms with Crippen molar-refractivity contribution in [3.8, 4) is 0 Å². The summed E-state index contributed by atoms with van der Waals surface area (Å²) in [5.74, 6) is -6.03. The number of nitrogens with one attached hydrogen (secondary N) is 4. The SMILES string of the molecule is NCCCC[C@H](NC(=O)[C@H](CO)NC(=O)[C@@H](N)CCC(=O)O)C(=O)N[C@@H](Cc1ccccc1)C(=O)N[C@@H](CCCN=C(N)N)C(=O)O. The number of hydrogen-bond donors (Lipinski definition) is 11. The van der Waals surface area contributed by atoms with Gasteiger partial charge < -0.3 is 59.5 Å². The van der Waals surface area contributed by atoms with E-state index in [2.05, 4.69) is 26.3 Å². The number of amides is 4. The molecule has 0 bridgehead atoms. The number of carboxylic acid groups (broad SMARTS) is 2. The van der Waals surface area contributed by atoms with E-state index >= 15 is 0 Å². The van der Waals surface area contributed by atoms with Gasteiger partial charge in [-0.05, 0) is 50.6 Å². The molecule has 0 saturated heterocycles. The molecule has 1 aromatic rings. The van der Waals surface area contributed by atoms with E-state index in [1.807, 2.05) is 0 Å². The number of benzene rings is 1. The summed E-state index contributed by atoms with van der Waals surface area (Å²) in [5, 5.41) is 38.0. The second kappa shape index (κ2) is 21.8. The van der Waals surface area contributed by atoms with Crippen LogP contribution in [0.3, 0.4) is 0 Å². The number of nitrogens with zero attached hydrogens (tertiary/aromatic N) is 1. The van der Waals surface area contributed by atoms with Crippen molar-refractivity contribution in [3.05, 3.63) is 35.9 Å². The smallest absolute Gasteiger partial charge is 0.326 e. The second-order valence-corrected chi connectivity index (χ2v) is 10.7. The van der Waals surface area contributed by atoms with Crippen molar-refractivity contribution in [3.63, 3.8) is 0 Å². The van der Waals surface area contributed by atoms with Crippen LogP contribution >= 0.6 is 0 Å². The van der Waals surface area contributed by atoms with Crippen LogP contribution in [0.5, 0.6) is 0 Å². The number of aliphatic hydroxyl groups excluding tert-OH is 1. The maximum atomic E-state index is 13.5. The Bertz CT molecular complexity index is 1210. The molecule has 0 saturated carbocycles. The maximum absolute atomic E-state index is 13.5.